The molecule has 2 aliphatic heterocycles. The predicted octanol–water partition coefficient (Wildman–Crippen LogP) is 0.656. The number of hydrogen-bond acceptors (Lipinski definition) is 5. The molecule has 0 aromatic heterocycles. The number of rotatable bonds is 5. The van der Waals surface area contributed by atoms with Crippen LogP contribution < -0.4 is 20.1 Å². The molecule has 6 nitrogen and oxygen atoms in total. The van der Waals surface area contributed by atoms with Crippen molar-refractivity contribution in [2.24, 2.45) is 5.92 Å². The van der Waals surface area contributed by atoms with Crippen LogP contribution in [0.2, 0.25) is 0 Å². The average molecular weight is 292 g/mol. The molecule has 6 heteroatoms. The summed E-state index contributed by atoms with van der Waals surface area (Å²) in [4.78, 5) is 12.3. The normalized spacial score (nSPS) is 23.3. The fourth-order valence-electron chi connectivity index (χ4n) is 2.65. The van der Waals surface area contributed by atoms with E-state index in [2.05, 4.69) is 10.6 Å². The van der Waals surface area contributed by atoms with Crippen LogP contribution in [0.5, 0.6) is 11.5 Å². The van der Waals surface area contributed by atoms with Gasteiger partial charge in [0, 0.05) is 12.6 Å². The van der Waals surface area contributed by atoms with Crippen LogP contribution in [0.15, 0.2) is 18.2 Å². The summed E-state index contributed by atoms with van der Waals surface area (Å²) in [6.07, 6.45) is 0. The predicted molar refractivity (Wildman–Crippen MR) is 76.2 cm³/mol. The van der Waals surface area contributed by atoms with Crippen LogP contribution in [0, 0.1) is 5.92 Å². The van der Waals surface area contributed by atoms with Crippen molar-refractivity contribution in [2.45, 2.75) is 19.5 Å². The second-order valence-corrected chi connectivity index (χ2v) is 5.21. The number of carbonyl (C=O) groups excluding carboxylic acids is 1. The zero-order valence-corrected chi connectivity index (χ0v) is 12.1. The number of amides is 1. The quantitative estimate of drug-likeness (QED) is 0.834. The Morgan fingerprint density at radius 1 is 1.29 bits per heavy atom. The molecule has 0 radical (unpaired) electrons. The summed E-state index contributed by atoms with van der Waals surface area (Å²) in [7, 11) is 0. The summed E-state index contributed by atoms with van der Waals surface area (Å²) in [6.45, 7) is 4.67. The van der Waals surface area contributed by atoms with Gasteiger partial charge in [0.15, 0.2) is 11.5 Å². The van der Waals surface area contributed by atoms with Crippen LogP contribution >= 0.6 is 0 Å². The highest BCUT2D eigenvalue weighted by Crippen LogP contribution is 2.32. The Bertz CT molecular complexity index is 520. The van der Waals surface area contributed by atoms with Crippen LogP contribution in [0.3, 0.4) is 0 Å². The summed E-state index contributed by atoms with van der Waals surface area (Å²) in [5.41, 5.74) is 0.992. The molecular weight excluding hydrogens is 272 g/mol. The first-order chi connectivity index (χ1) is 10.3. The van der Waals surface area contributed by atoms with Crippen LogP contribution in [0.25, 0.3) is 0 Å². The minimum Gasteiger partial charge on any atom is -0.454 e. The van der Waals surface area contributed by atoms with E-state index >= 15 is 0 Å². The molecule has 21 heavy (non-hydrogen) atoms. The van der Waals surface area contributed by atoms with Crippen molar-refractivity contribution in [3.63, 3.8) is 0 Å². The lowest BCUT2D eigenvalue weighted by Crippen LogP contribution is -2.43. The number of carbonyl (C=O) groups is 1. The number of hydrogen-bond donors (Lipinski definition) is 2. The van der Waals surface area contributed by atoms with E-state index in [9.17, 15) is 4.79 Å². The van der Waals surface area contributed by atoms with Gasteiger partial charge in [-0.05, 0) is 24.2 Å². The fourth-order valence-corrected chi connectivity index (χ4v) is 2.65. The van der Waals surface area contributed by atoms with Gasteiger partial charge >= 0.3 is 0 Å². The van der Waals surface area contributed by atoms with Gasteiger partial charge in [0.2, 0.25) is 12.7 Å². The highest BCUT2D eigenvalue weighted by Gasteiger charge is 2.33. The standard InChI is InChI=1S/C15H20N2O4/c1-2-16-12-8-19-7-11(12)15(18)17-6-10-3-4-13-14(5-10)21-9-20-13/h3-5,11-12,16H,2,6-9H2,1H3,(H,17,18). The first-order valence-electron chi connectivity index (χ1n) is 7.25. The summed E-state index contributed by atoms with van der Waals surface area (Å²) in [5.74, 6) is 1.38. The molecule has 3 rings (SSSR count). The van der Waals surface area contributed by atoms with Gasteiger partial charge in [0.05, 0.1) is 19.1 Å². The molecule has 0 aliphatic carbocycles. The second-order valence-electron chi connectivity index (χ2n) is 5.21. The van der Waals surface area contributed by atoms with E-state index in [-0.39, 0.29) is 24.7 Å². The van der Waals surface area contributed by atoms with E-state index in [0.717, 1.165) is 23.6 Å². The first kappa shape index (κ1) is 14.2. The number of benzene rings is 1. The maximum absolute atomic E-state index is 12.3. The molecule has 1 fully saturated rings. The topological polar surface area (TPSA) is 68.8 Å². The lowest BCUT2D eigenvalue weighted by Gasteiger charge is -2.17. The van der Waals surface area contributed by atoms with Gasteiger partial charge in [-0.2, -0.15) is 0 Å². The van der Waals surface area contributed by atoms with E-state index in [1.165, 1.54) is 0 Å². The summed E-state index contributed by atoms with van der Waals surface area (Å²) >= 11 is 0. The Labute approximate surface area is 123 Å². The van der Waals surface area contributed by atoms with E-state index in [0.29, 0.717) is 19.8 Å². The Balaban J connectivity index is 1.56. The van der Waals surface area contributed by atoms with Crippen LogP contribution in [0.1, 0.15) is 12.5 Å². The van der Waals surface area contributed by atoms with Gasteiger partial charge in [0.25, 0.3) is 0 Å². The molecule has 0 saturated carbocycles. The molecule has 0 spiro atoms. The summed E-state index contributed by atoms with van der Waals surface area (Å²) in [6, 6.07) is 5.80. The van der Waals surface area contributed by atoms with Crippen LogP contribution in [0.4, 0.5) is 0 Å². The zero-order valence-electron chi connectivity index (χ0n) is 12.1. The molecule has 2 aliphatic rings. The third-order valence-corrected chi connectivity index (χ3v) is 3.79. The van der Waals surface area contributed by atoms with E-state index < -0.39 is 0 Å². The van der Waals surface area contributed by atoms with Crippen molar-refractivity contribution in [3.05, 3.63) is 23.8 Å². The second kappa shape index (κ2) is 6.32. The van der Waals surface area contributed by atoms with E-state index in [4.69, 9.17) is 14.2 Å². The largest absolute Gasteiger partial charge is 0.454 e. The molecule has 2 atom stereocenters. The number of likely N-dealkylation sites (N-methyl/N-ethyl adjacent to an activating group) is 1. The fraction of sp³-hybridized carbons (Fsp3) is 0.533. The van der Waals surface area contributed by atoms with Gasteiger partial charge in [-0.25, -0.2) is 0 Å². The Kier molecular flexibility index (Phi) is 4.26. The van der Waals surface area contributed by atoms with E-state index in [1.807, 2.05) is 25.1 Å². The van der Waals surface area contributed by atoms with Crippen molar-refractivity contribution in [1.82, 2.24) is 10.6 Å². The number of ether oxygens (including phenoxy) is 3. The van der Waals surface area contributed by atoms with Crippen molar-refractivity contribution < 1.29 is 19.0 Å². The van der Waals surface area contributed by atoms with Crippen molar-refractivity contribution in [3.8, 4) is 11.5 Å². The third kappa shape index (κ3) is 3.11. The molecule has 2 heterocycles. The first-order valence-corrected chi connectivity index (χ1v) is 7.25. The monoisotopic (exact) mass is 292 g/mol. The highest BCUT2D eigenvalue weighted by atomic mass is 16.7. The Morgan fingerprint density at radius 3 is 3.00 bits per heavy atom. The van der Waals surface area contributed by atoms with Gasteiger partial charge in [0.1, 0.15) is 0 Å². The Hall–Kier alpha value is -1.79. The van der Waals surface area contributed by atoms with Crippen molar-refractivity contribution in [1.29, 1.82) is 0 Å². The lowest BCUT2D eigenvalue weighted by atomic mass is 10.0. The maximum atomic E-state index is 12.3. The molecule has 1 aromatic rings. The smallest absolute Gasteiger partial charge is 0.231 e. The minimum absolute atomic E-state index is 0.0242. The van der Waals surface area contributed by atoms with E-state index in [1.54, 1.807) is 0 Å². The summed E-state index contributed by atoms with van der Waals surface area (Å²) in [5, 5.41) is 6.25. The molecule has 0 bridgehead atoms. The van der Waals surface area contributed by atoms with Gasteiger partial charge < -0.3 is 24.8 Å². The number of nitrogens with one attached hydrogen (secondary N) is 2. The lowest BCUT2D eigenvalue weighted by molar-refractivity contribution is -0.125. The molecule has 1 amide bonds. The average Bonchev–Trinajstić information content (AvgIpc) is 3.13. The number of fused-ring (bicyclic) bond motifs is 1. The van der Waals surface area contributed by atoms with Crippen LogP contribution in [-0.2, 0) is 16.1 Å². The molecule has 2 unspecified atom stereocenters. The Morgan fingerprint density at radius 2 is 2.14 bits per heavy atom. The van der Waals surface area contributed by atoms with Gasteiger partial charge in [-0.3, -0.25) is 4.79 Å². The van der Waals surface area contributed by atoms with Crippen molar-refractivity contribution >= 4 is 5.91 Å². The molecule has 2 N–H and O–H groups in total. The molecule has 1 saturated heterocycles. The van der Waals surface area contributed by atoms with Crippen molar-refractivity contribution in [2.75, 3.05) is 26.6 Å². The zero-order chi connectivity index (χ0) is 14.7. The molecule has 114 valence electrons. The summed E-state index contributed by atoms with van der Waals surface area (Å²) < 4.78 is 16.0. The maximum Gasteiger partial charge on any atom is 0.231 e. The van der Waals surface area contributed by atoms with Crippen LogP contribution in [-0.4, -0.2) is 38.5 Å². The molecular formula is C15H20N2O4. The van der Waals surface area contributed by atoms with Gasteiger partial charge in [-0.15, -0.1) is 0 Å². The SMILES string of the molecule is CCNC1COCC1C(=O)NCc1ccc2c(c1)OCO2. The highest BCUT2D eigenvalue weighted by molar-refractivity contribution is 5.79. The molecule has 1 aromatic carbocycles. The van der Waals surface area contributed by atoms with Gasteiger partial charge in [-0.1, -0.05) is 13.0 Å². The minimum atomic E-state index is -0.126. The third-order valence-electron chi connectivity index (χ3n) is 3.79.